The number of hydrogen-bond acceptors (Lipinski definition) is 4. The number of hydrogen-bond donors (Lipinski definition) is 2. The Bertz CT molecular complexity index is 1010. The number of carbonyl (C=O) groups is 3. The molecule has 8 heteroatoms. The van der Waals surface area contributed by atoms with E-state index in [0.29, 0.717) is 17.1 Å². The van der Waals surface area contributed by atoms with E-state index in [1.165, 1.54) is 0 Å². The van der Waals surface area contributed by atoms with E-state index >= 15 is 0 Å². The van der Waals surface area contributed by atoms with Crippen LogP contribution < -0.4 is 15.5 Å². The summed E-state index contributed by atoms with van der Waals surface area (Å²) in [6, 6.07) is 12.1. The highest BCUT2D eigenvalue weighted by atomic mass is 79.9. The monoisotopic (exact) mass is 486 g/mol. The lowest BCUT2D eigenvalue weighted by Gasteiger charge is -2.31. The summed E-state index contributed by atoms with van der Waals surface area (Å²) in [5.41, 5.74) is 3.05. The Balaban J connectivity index is 1.71. The second-order valence-electron chi connectivity index (χ2n) is 7.95. The number of nitrogens with one attached hydrogen (secondary N) is 2. The molecule has 2 N–H and O–H groups in total. The molecule has 3 amide bonds. The summed E-state index contributed by atoms with van der Waals surface area (Å²) in [5.74, 6) is -0.504. The Hall–Kier alpha value is -2.71. The van der Waals surface area contributed by atoms with Crippen LogP contribution in [0.25, 0.3) is 0 Å². The fraction of sp³-hybridized carbons (Fsp3) is 0.348. The van der Waals surface area contributed by atoms with Crippen molar-refractivity contribution in [3.05, 3.63) is 52.5 Å². The number of halogens is 1. The molecule has 1 aliphatic heterocycles. The molecule has 0 fully saturated rings. The Morgan fingerprint density at radius 3 is 2.71 bits per heavy atom. The second kappa shape index (κ2) is 9.62. The van der Waals surface area contributed by atoms with Gasteiger partial charge in [0, 0.05) is 16.9 Å². The topological polar surface area (TPSA) is 81.8 Å². The molecule has 0 saturated carbocycles. The molecule has 1 aliphatic rings. The van der Waals surface area contributed by atoms with Gasteiger partial charge in [0.1, 0.15) is 0 Å². The largest absolute Gasteiger partial charge is 0.324 e. The molecule has 2 atom stereocenters. The number of rotatable bonds is 5. The van der Waals surface area contributed by atoms with E-state index in [1.54, 1.807) is 29.8 Å². The lowest BCUT2D eigenvalue weighted by molar-refractivity contribution is -0.123. The van der Waals surface area contributed by atoms with Gasteiger partial charge in [-0.05, 0) is 73.6 Å². The summed E-state index contributed by atoms with van der Waals surface area (Å²) >= 11 is 3.47. The normalized spacial score (nSPS) is 16.9. The first-order chi connectivity index (χ1) is 14.7. The summed E-state index contributed by atoms with van der Waals surface area (Å²) in [6.07, 6.45) is 0.210. The zero-order chi connectivity index (χ0) is 22.7. The third kappa shape index (κ3) is 5.32. The first-order valence-corrected chi connectivity index (χ1v) is 10.9. The minimum atomic E-state index is -0.533. The van der Waals surface area contributed by atoms with Gasteiger partial charge in [-0.2, -0.15) is 0 Å². The minimum absolute atomic E-state index is 0.0382. The van der Waals surface area contributed by atoms with E-state index in [2.05, 4.69) is 26.6 Å². The summed E-state index contributed by atoms with van der Waals surface area (Å²) in [5, 5.41) is 5.76. The number of anilines is 3. The fourth-order valence-corrected chi connectivity index (χ4v) is 4.15. The second-order valence-corrected chi connectivity index (χ2v) is 8.80. The van der Waals surface area contributed by atoms with Gasteiger partial charge in [-0.25, -0.2) is 0 Å². The van der Waals surface area contributed by atoms with Crippen molar-refractivity contribution in [1.82, 2.24) is 4.90 Å². The number of benzene rings is 2. The van der Waals surface area contributed by atoms with Gasteiger partial charge >= 0.3 is 0 Å². The van der Waals surface area contributed by atoms with E-state index in [1.807, 2.05) is 50.2 Å². The number of fused-ring (bicyclic) bond motifs is 1. The van der Waals surface area contributed by atoms with Crippen molar-refractivity contribution in [2.45, 2.75) is 39.3 Å². The van der Waals surface area contributed by atoms with Crippen molar-refractivity contribution in [2.75, 3.05) is 29.1 Å². The van der Waals surface area contributed by atoms with Crippen LogP contribution in [0.1, 0.15) is 25.8 Å². The SMILES string of the molecule is Cc1ccc(NC(=O)[C@H](C)N(C)CC(=O)N2c3ccccc3NC(=O)C[C@@H]2C)c(Br)c1. The highest BCUT2D eigenvalue weighted by molar-refractivity contribution is 9.10. The molecule has 2 aromatic carbocycles. The van der Waals surface area contributed by atoms with Gasteiger partial charge in [-0.1, -0.05) is 18.2 Å². The van der Waals surface area contributed by atoms with Crippen molar-refractivity contribution in [3.63, 3.8) is 0 Å². The molecule has 2 aromatic rings. The zero-order valence-corrected chi connectivity index (χ0v) is 19.7. The third-order valence-corrected chi connectivity index (χ3v) is 6.09. The van der Waals surface area contributed by atoms with Crippen molar-refractivity contribution >= 4 is 50.7 Å². The number of likely N-dealkylation sites (N-methyl/N-ethyl adjacent to an activating group) is 1. The molecule has 164 valence electrons. The van der Waals surface area contributed by atoms with Crippen LogP contribution in [0.3, 0.4) is 0 Å². The first kappa shape index (κ1) is 23.0. The lowest BCUT2D eigenvalue weighted by Crippen LogP contribution is -2.48. The molecular weight excluding hydrogens is 460 g/mol. The maximum Gasteiger partial charge on any atom is 0.241 e. The van der Waals surface area contributed by atoms with Crippen molar-refractivity contribution in [1.29, 1.82) is 0 Å². The molecule has 0 saturated heterocycles. The van der Waals surface area contributed by atoms with Gasteiger partial charge in [0.2, 0.25) is 17.7 Å². The molecule has 7 nitrogen and oxygen atoms in total. The van der Waals surface area contributed by atoms with Crippen LogP contribution in [0.4, 0.5) is 17.1 Å². The third-order valence-electron chi connectivity index (χ3n) is 5.44. The summed E-state index contributed by atoms with van der Waals surface area (Å²) in [6.45, 7) is 5.63. The smallest absolute Gasteiger partial charge is 0.241 e. The van der Waals surface area contributed by atoms with Gasteiger partial charge in [-0.15, -0.1) is 0 Å². The Morgan fingerprint density at radius 1 is 1.29 bits per heavy atom. The molecule has 1 heterocycles. The van der Waals surface area contributed by atoms with Crippen molar-refractivity contribution in [2.24, 2.45) is 0 Å². The average molecular weight is 487 g/mol. The molecule has 0 unspecified atom stereocenters. The molecule has 0 bridgehead atoms. The van der Waals surface area contributed by atoms with E-state index in [9.17, 15) is 14.4 Å². The van der Waals surface area contributed by atoms with Crippen LogP contribution in [-0.4, -0.2) is 48.3 Å². The zero-order valence-electron chi connectivity index (χ0n) is 18.1. The summed E-state index contributed by atoms with van der Waals surface area (Å²) in [7, 11) is 1.74. The van der Waals surface area contributed by atoms with Crippen LogP contribution in [-0.2, 0) is 14.4 Å². The molecule has 31 heavy (non-hydrogen) atoms. The predicted octanol–water partition coefficient (Wildman–Crippen LogP) is 3.78. The quantitative estimate of drug-likeness (QED) is 0.673. The Labute approximate surface area is 190 Å². The van der Waals surface area contributed by atoms with Gasteiger partial charge in [-0.3, -0.25) is 19.3 Å². The standard InChI is InChI=1S/C23H27BrN4O3/c1-14-9-10-18(17(24)11-14)26-23(31)16(3)27(4)13-22(30)28-15(2)12-21(29)25-19-7-5-6-8-20(19)28/h5-11,15-16H,12-13H2,1-4H3,(H,25,29)(H,26,31)/t15-,16-/m0/s1. The Kier molecular flexibility index (Phi) is 7.12. The number of amides is 3. The van der Waals surface area contributed by atoms with Gasteiger partial charge in [0.05, 0.1) is 29.6 Å². The fourth-order valence-electron chi connectivity index (χ4n) is 3.55. The van der Waals surface area contributed by atoms with Gasteiger partial charge in [0.25, 0.3) is 0 Å². The number of aryl methyl sites for hydroxylation is 1. The van der Waals surface area contributed by atoms with E-state index < -0.39 is 6.04 Å². The van der Waals surface area contributed by atoms with E-state index in [0.717, 1.165) is 10.0 Å². The number of para-hydroxylation sites is 2. The van der Waals surface area contributed by atoms with E-state index in [-0.39, 0.29) is 36.7 Å². The molecule has 0 radical (unpaired) electrons. The van der Waals surface area contributed by atoms with E-state index in [4.69, 9.17) is 0 Å². The Morgan fingerprint density at radius 2 is 2.00 bits per heavy atom. The minimum Gasteiger partial charge on any atom is -0.324 e. The lowest BCUT2D eigenvalue weighted by atomic mass is 10.1. The number of nitrogens with zero attached hydrogens (tertiary/aromatic N) is 2. The average Bonchev–Trinajstić information content (AvgIpc) is 2.83. The van der Waals surface area contributed by atoms with Crippen LogP contribution in [0.2, 0.25) is 0 Å². The molecular formula is C23H27BrN4O3. The highest BCUT2D eigenvalue weighted by Gasteiger charge is 2.31. The van der Waals surface area contributed by atoms with Gasteiger partial charge < -0.3 is 15.5 Å². The molecule has 3 rings (SSSR count). The van der Waals surface area contributed by atoms with Crippen LogP contribution in [0, 0.1) is 6.92 Å². The van der Waals surface area contributed by atoms with Crippen LogP contribution in [0.15, 0.2) is 46.9 Å². The van der Waals surface area contributed by atoms with Crippen molar-refractivity contribution < 1.29 is 14.4 Å². The van der Waals surface area contributed by atoms with Crippen LogP contribution >= 0.6 is 15.9 Å². The molecule has 0 aliphatic carbocycles. The predicted molar refractivity (Wildman–Crippen MR) is 126 cm³/mol. The molecule has 0 spiro atoms. The number of carbonyl (C=O) groups excluding carboxylic acids is 3. The summed E-state index contributed by atoms with van der Waals surface area (Å²) in [4.78, 5) is 41.5. The maximum absolute atomic E-state index is 13.2. The van der Waals surface area contributed by atoms with Gasteiger partial charge in [0.15, 0.2) is 0 Å². The highest BCUT2D eigenvalue weighted by Crippen LogP contribution is 2.31. The molecule has 0 aromatic heterocycles. The summed E-state index contributed by atoms with van der Waals surface area (Å²) < 4.78 is 0.805. The van der Waals surface area contributed by atoms with Crippen molar-refractivity contribution in [3.8, 4) is 0 Å². The van der Waals surface area contributed by atoms with Crippen LogP contribution in [0.5, 0.6) is 0 Å². The first-order valence-electron chi connectivity index (χ1n) is 10.2. The maximum atomic E-state index is 13.2.